The molecule has 0 saturated heterocycles. The number of nitrogens with zero attached hydrogens (tertiary/aromatic N) is 1. The van der Waals surface area contributed by atoms with Gasteiger partial charge in [0.05, 0.1) is 31.5 Å². The van der Waals surface area contributed by atoms with Crippen LogP contribution in [-0.4, -0.2) is 10.8 Å². The number of benzene rings is 1. The van der Waals surface area contributed by atoms with E-state index in [0.29, 0.717) is 13.1 Å². The molecule has 4 nitrogen and oxygen atoms in total. The van der Waals surface area contributed by atoms with Crippen LogP contribution in [0.1, 0.15) is 41.4 Å². The molecule has 0 aliphatic heterocycles. The third-order valence-electron chi connectivity index (χ3n) is 4.83. The third-order valence-corrected chi connectivity index (χ3v) is 4.83. The molecule has 0 N–H and O–H groups in total. The first-order valence-electron chi connectivity index (χ1n) is 8.72. The molecule has 2 aromatic heterocycles. The molecule has 1 aliphatic carbocycles. The zero-order valence-electron chi connectivity index (χ0n) is 14.1. The minimum atomic E-state index is -0.0881. The summed E-state index contributed by atoms with van der Waals surface area (Å²) in [7, 11) is 0. The van der Waals surface area contributed by atoms with E-state index >= 15 is 0 Å². The lowest BCUT2D eigenvalue weighted by atomic mass is 9.82. The van der Waals surface area contributed by atoms with Gasteiger partial charge in [0, 0.05) is 0 Å². The summed E-state index contributed by atoms with van der Waals surface area (Å²) in [6.45, 7) is 0.899. The van der Waals surface area contributed by atoms with E-state index in [9.17, 15) is 4.79 Å². The van der Waals surface area contributed by atoms with Gasteiger partial charge in [-0.15, -0.1) is 0 Å². The minimum Gasteiger partial charge on any atom is -0.467 e. The van der Waals surface area contributed by atoms with Crippen LogP contribution in [-0.2, 0) is 24.3 Å². The predicted octanol–water partition coefficient (Wildman–Crippen LogP) is 4.52. The maximum atomic E-state index is 13.4. The molecule has 4 rings (SSSR count). The molecular weight excluding hydrogens is 314 g/mol. The van der Waals surface area contributed by atoms with Gasteiger partial charge in [-0.2, -0.15) is 0 Å². The van der Waals surface area contributed by atoms with Crippen molar-refractivity contribution in [2.24, 2.45) is 0 Å². The van der Waals surface area contributed by atoms with E-state index in [0.717, 1.165) is 30.8 Å². The van der Waals surface area contributed by atoms with E-state index in [2.05, 4.69) is 18.2 Å². The maximum absolute atomic E-state index is 13.4. The zero-order valence-corrected chi connectivity index (χ0v) is 14.1. The van der Waals surface area contributed by atoms with Crippen molar-refractivity contribution < 1.29 is 13.6 Å². The molecule has 0 spiro atoms. The van der Waals surface area contributed by atoms with Gasteiger partial charge in [0.1, 0.15) is 11.5 Å². The van der Waals surface area contributed by atoms with Crippen LogP contribution >= 0.6 is 0 Å². The predicted molar refractivity (Wildman–Crippen MR) is 93.8 cm³/mol. The largest absolute Gasteiger partial charge is 0.467 e. The summed E-state index contributed by atoms with van der Waals surface area (Å²) in [4.78, 5) is 15.2. The van der Waals surface area contributed by atoms with Gasteiger partial charge >= 0.3 is 0 Å². The number of fused-ring (bicyclic) bond motifs is 1. The number of aryl methyl sites for hydroxylation is 1. The maximum Gasteiger partial charge on any atom is 0.230 e. The van der Waals surface area contributed by atoms with Gasteiger partial charge in [-0.05, 0) is 54.7 Å². The number of hydrogen-bond acceptors (Lipinski definition) is 3. The monoisotopic (exact) mass is 335 g/mol. The van der Waals surface area contributed by atoms with Crippen molar-refractivity contribution in [3.8, 4) is 0 Å². The molecule has 1 aromatic carbocycles. The fourth-order valence-electron chi connectivity index (χ4n) is 3.62. The van der Waals surface area contributed by atoms with Crippen LogP contribution < -0.4 is 0 Å². The summed E-state index contributed by atoms with van der Waals surface area (Å²) in [5.41, 5.74) is 2.46. The van der Waals surface area contributed by atoms with Gasteiger partial charge in [0.15, 0.2) is 0 Å². The lowest BCUT2D eigenvalue weighted by molar-refractivity contribution is -0.135. The van der Waals surface area contributed by atoms with Crippen molar-refractivity contribution in [3.05, 3.63) is 83.7 Å². The Hall–Kier alpha value is -2.75. The number of carbonyl (C=O) groups is 1. The van der Waals surface area contributed by atoms with Crippen LogP contribution in [0.2, 0.25) is 0 Å². The van der Waals surface area contributed by atoms with Crippen molar-refractivity contribution in [1.82, 2.24) is 4.90 Å². The third kappa shape index (κ3) is 3.38. The SMILES string of the molecule is O=C(C1CCCc2ccccc21)N(Cc1ccco1)Cc1ccco1. The van der Waals surface area contributed by atoms with E-state index < -0.39 is 0 Å². The van der Waals surface area contributed by atoms with Crippen molar-refractivity contribution in [1.29, 1.82) is 0 Å². The first-order chi connectivity index (χ1) is 12.3. The van der Waals surface area contributed by atoms with E-state index in [-0.39, 0.29) is 11.8 Å². The number of furan rings is 2. The average Bonchev–Trinajstić information content (AvgIpc) is 3.34. The highest BCUT2D eigenvalue weighted by atomic mass is 16.3. The Balaban J connectivity index is 1.61. The molecule has 1 aliphatic rings. The lowest BCUT2D eigenvalue weighted by Crippen LogP contribution is -2.35. The van der Waals surface area contributed by atoms with Gasteiger partial charge in [-0.3, -0.25) is 4.79 Å². The molecule has 0 bridgehead atoms. The summed E-state index contributed by atoms with van der Waals surface area (Å²) in [5.74, 6) is 1.61. The number of amides is 1. The molecule has 1 atom stereocenters. The molecule has 3 aromatic rings. The Morgan fingerprint density at radius 1 is 0.960 bits per heavy atom. The standard InChI is InChI=1S/C21H21NO3/c23-21(20-11-3-7-16-6-1-2-10-19(16)20)22(14-17-8-4-12-24-17)15-18-9-5-13-25-18/h1-2,4-6,8-10,12-13,20H,3,7,11,14-15H2. The fraction of sp³-hybridized carbons (Fsp3) is 0.286. The van der Waals surface area contributed by atoms with E-state index in [1.54, 1.807) is 12.5 Å². The Bertz CT molecular complexity index is 784. The molecular formula is C21H21NO3. The molecule has 4 heteroatoms. The normalized spacial score (nSPS) is 16.4. The topological polar surface area (TPSA) is 46.6 Å². The van der Waals surface area contributed by atoms with Gasteiger partial charge in [-0.1, -0.05) is 24.3 Å². The minimum absolute atomic E-state index is 0.0881. The molecule has 128 valence electrons. The Labute approximate surface area is 147 Å². The highest BCUT2D eigenvalue weighted by molar-refractivity contribution is 5.84. The zero-order chi connectivity index (χ0) is 17.1. The van der Waals surface area contributed by atoms with E-state index in [1.165, 1.54) is 11.1 Å². The van der Waals surface area contributed by atoms with Crippen LogP contribution in [0.25, 0.3) is 0 Å². The molecule has 0 fully saturated rings. The van der Waals surface area contributed by atoms with Crippen LogP contribution in [0.3, 0.4) is 0 Å². The van der Waals surface area contributed by atoms with Crippen molar-refractivity contribution in [3.63, 3.8) is 0 Å². The molecule has 1 unspecified atom stereocenters. The number of rotatable bonds is 5. The molecule has 2 heterocycles. The summed E-state index contributed by atoms with van der Waals surface area (Å²) in [5, 5.41) is 0. The number of carbonyl (C=O) groups excluding carboxylic acids is 1. The van der Waals surface area contributed by atoms with Crippen LogP contribution in [0.15, 0.2) is 69.9 Å². The van der Waals surface area contributed by atoms with Gasteiger partial charge in [0.25, 0.3) is 0 Å². The van der Waals surface area contributed by atoms with E-state index in [1.807, 2.05) is 35.2 Å². The fourth-order valence-corrected chi connectivity index (χ4v) is 3.62. The van der Waals surface area contributed by atoms with Crippen LogP contribution in [0.5, 0.6) is 0 Å². The van der Waals surface area contributed by atoms with Crippen molar-refractivity contribution in [2.75, 3.05) is 0 Å². The Kier molecular flexibility index (Phi) is 4.42. The smallest absolute Gasteiger partial charge is 0.230 e. The summed E-state index contributed by atoms with van der Waals surface area (Å²) in [6, 6.07) is 15.8. The van der Waals surface area contributed by atoms with Crippen LogP contribution in [0, 0.1) is 0 Å². The van der Waals surface area contributed by atoms with Crippen molar-refractivity contribution in [2.45, 2.75) is 38.3 Å². The Morgan fingerprint density at radius 2 is 1.64 bits per heavy atom. The van der Waals surface area contributed by atoms with Crippen LogP contribution in [0.4, 0.5) is 0 Å². The quantitative estimate of drug-likeness (QED) is 0.688. The Morgan fingerprint density at radius 3 is 2.28 bits per heavy atom. The second-order valence-electron chi connectivity index (χ2n) is 6.50. The second-order valence-corrected chi connectivity index (χ2v) is 6.50. The van der Waals surface area contributed by atoms with Crippen molar-refractivity contribution >= 4 is 5.91 Å². The average molecular weight is 335 g/mol. The molecule has 25 heavy (non-hydrogen) atoms. The highest BCUT2D eigenvalue weighted by Crippen LogP contribution is 2.33. The van der Waals surface area contributed by atoms with Gasteiger partial charge in [-0.25, -0.2) is 0 Å². The first-order valence-corrected chi connectivity index (χ1v) is 8.72. The number of hydrogen-bond donors (Lipinski definition) is 0. The van der Waals surface area contributed by atoms with Gasteiger partial charge in [0.2, 0.25) is 5.91 Å². The lowest BCUT2D eigenvalue weighted by Gasteiger charge is -2.30. The summed E-state index contributed by atoms with van der Waals surface area (Å²) in [6.07, 6.45) is 6.27. The first kappa shape index (κ1) is 15.8. The van der Waals surface area contributed by atoms with E-state index in [4.69, 9.17) is 8.83 Å². The van der Waals surface area contributed by atoms with Gasteiger partial charge < -0.3 is 13.7 Å². The summed E-state index contributed by atoms with van der Waals surface area (Å²) < 4.78 is 10.9. The molecule has 0 saturated carbocycles. The molecule has 0 radical (unpaired) electrons. The second kappa shape index (κ2) is 7.01. The highest BCUT2D eigenvalue weighted by Gasteiger charge is 2.30. The molecule has 1 amide bonds. The summed E-state index contributed by atoms with van der Waals surface area (Å²) >= 11 is 0.